The molecule has 0 aliphatic carbocycles. The van der Waals surface area contributed by atoms with Gasteiger partial charge in [0.2, 0.25) is 0 Å². The van der Waals surface area contributed by atoms with Crippen LogP contribution in [0.5, 0.6) is 0 Å². The predicted molar refractivity (Wildman–Crippen MR) is 98.9 cm³/mol. The minimum absolute atomic E-state index is 0.00327. The van der Waals surface area contributed by atoms with E-state index in [0.717, 1.165) is 11.8 Å². The van der Waals surface area contributed by atoms with E-state index in [1.54, 1.807) is 12.1 Å². The van der Waals surface area contributed by atoms with Crippen LogP contribution in [0.3, 0.4) is 0 Å². The molecule has 1 aliphatic heterocycles. The zero-order valence-corrected chi connectivity index (χ0v) is 15.3. The number of anilines is 2. The molecule has 1 aliphatic rings. The lowest BCUT2D eigenvalue weighted by Gasteiger charge is -2.30. The van der Waals surface area contributed by atoms with Crippen molar-refractivity contribution in [3.63, 3.8) is 0 Å². The first-order chi connectivity index (χ1) is 12.0. The molecule has 0 spiro atoms. The van der Waals surface area contributed by atoms with Crippen molar-refractivity contribution in [1.29, 1.82) is 0 Å². The van der Waals surface area contributed by atoms with Gasteiger partial charge in [0.05, 0.1) is 40.2 Å². The van der Waals surface area contributed by atoms with Gasteiger partial charge in [-0.1, -0.05) is 34.8 Å². The maximum atomic E-state index is 13.7. The zero-order valence-electron chi connectivity index (χ0n) is 13.0. The minimum atomic E-state index is -0.712. The molecule has 1 saturated heterocycles. The molecule has 2 aromatic carbocycles. The summed E-state index contributed by atoms with van der Waals surface area (Å²) in [5.41, 5.74) is 1.33. The molecular weight excluding hydrogens is 390 g/mol. The molecule has 1 amide bonds. The second kappa shape index (κ2) is 7.79. The number of nitrogens with one attached hydrogen (secondary N) is 1. The number of carbonyl (C=O) groups is 1. The summed E-state index contributed by atoms with van der Waals surface area (Å²) in [5.74, 6) is -1.26. The molecular formula is C17H14Cl3FN2O2. The summed E-state index contributed by atoms with van der Waals surface area (Å²) < 4.78 is 19.0. The number of morpholine rings is 1. The fraction of sp³-hybridized carbons (Fsp3) is 0.235. The second-order valence-corrected chi connectivity index (χ2v) is 6.71. The Hall–Kier alpha value is -1.53. The summed E-state index contributed by atoms with van der Waals surface area (Å²) in [5, 5.41) is 3.15. The standard InChI is InChI=1S/C17H14Cl3FN2O2/c18-10-1-2-16(23-3-5-25-6-4-23)15(7-10)22-17(24)11-8-14(21)13(20)9-12(11)19/h1-2,7-9H,3-6H2,(H,22,24). The van der Waals surface area contributed by atoms with Crippen LogP contribution in [0.25, 0.3) is 0 Å². The number of amides is 1. The number of rotatable bonds is 3. The largest absolute Gasteiger partial charge is 0.378 e. The van der Waals surface area contributed by atoms with E-state index in [1.807, 2.05) is 6.07 Å². The summed E-state index contributed by atoms with van der Waals surface area (Å²) in [6.45, 7) is 2.59. The van der Waals surface area contributed by atoms with Crippen molar-refractivity contribution in [3.05, 3.63) is 56.8 Å². The number of hydrogen-bond acceptors (Lipinski definition) is 3. The topological polar surface area (TPSA) is 41.6 Å². The van der Waals surface area contributed by atoms with Crippen LogP contribution < -0.4 is 10.2 Å². The predicted octanol–water partition coefficient (Wildman–Crippen LogP) is 4.87. The van der Waals surface area contributed by atoms with Crippen LogP contribution in [-0.4, -0.2) is 32.2 Å². The average Bonchev–Trinajstić information content (AvgIpc) is 2.59. The molecule has 1 N–H and O–H groups in total. The van der Waals surface area contributed by atoms with Crippen LogP contribution in [0.1, 0.15) is 10.4 Å². The summed E-state index contributed by atoms with van der Waals surface area (Å²) in [7, 11) is 0. The third-order valence-electron chi connectivity index (χ3n) is 3.81. The van der Waals surface area contributed by atoms with E-state index >= 15 is 0 Å². The van der Waals surface area contributed by atoms with E-state index in [9.17, 15) is 9.18 Å². The van der Waals surface area contributed by atoms with Gasteiger partial charge in [-0.2, -0.15) is 0 Å². The van der Waals surface area contributed by atoms with E-state index in [-0.39, 0.29) is 15.6 Å². The summed E-state index contributed by atoms with van der Waals surface area (Å²) >= 11 is 17.8. The fourth-order valence-corrected chi connectivity index (χ4v) is 3.22. The highest BCUT2D eigenvalue weighted by Crippen LogP contribution is 2.31. The first-order valence-electron chi connectivity index (χ1n) is 7.54. The normalized spacial score (nSPS) is 14.5. The maximum Gasteiger partial charge on any atom is 0.257 e. The SMILES string of the molecule is O=C(Nc1cc(Cl)ccc1N1CCOCC1)c1cc(F)c(Cl)cc1Cl. The van der Waals surface area contributed by atoms with Crippen molar-refractivity contribution in [3.8, 4) is 0 Å². The second-order valence-electron chi connectivity index (χ2n) is 5.46. The number of halogens is 4. The minimum Gasteiger partial charge on any atom is -0.378 e. The molecule has 0 bridgehead atoms. The Morgan fingerprint density at radius 3 is 2.52 bits per heavy atom. The van der Waals surface area contributed by atoms with Crippen LogP contribution in [0.4, 0.5) is 15.8 Å². The number of hydrogen-bond donors (Lipinski definition) is 1. The van der Waals surface area contributed by atoms with E-state index in [4.69, 9.17) is 39.5 Å². The lowest BCUT2D eigenvalue weighted by Crippen LogP contribution is -2.36. The van der Waals surface area contributed by atoms with Gasteiger partial charge >= 0.3 is 0 Å². The van der Waals surface area contributed by atoms with Crippen molar-refractivity contribution < 1.29 is 13.9 Å². The molecule has 25 heavy (non-hydrogen) atoms. The molecule has 2 aromatic rings. The molecule has 132 valence electrons. The molecule has 1 fully saturated rings. The summed E-state index contributed by atoms with van der Waals surface area (Å²) in [6, 6.07) is 7.43. The van der Waals surface area contributed by atoms with Crippen LogP contribution in [0, 0.1) is 5.82 Å². The van der Waals surface area contributed by atoms with Crippen LogP contribution in [0.15, 0.2) is 30.3 Å². The van der Waals surface area contributed by atoms with Gasteiger partial charge in [0.1, 0.15) is 5.82 Å². The quantitative estimate of drug-likeness (QED) is 0.743. The number of carbonyl (C=O) groups excluding carboxylic acids is 1. The van der Waals surface area contributed by atoms with Gasteiger partial charge in [0.25, 0.3) is 5.91 Å². The highest BCUT2D eigenvalue weighted by molar-refractivity contribution is 6.37. The lowest BCUT2D eigenvalue weighted by atomic mass is 10.1. The smallest absolute Gasteiger partial charge is 0.257 e. The number of nitrogens with zero attached hydrogens (tertiary/aromatic N) is 1. The van der Waals surface area contributed by atoms with E-state index in [2.05, 4.69) is 10.2 Å². The van der Waals surface area contributed by atoms with Gasteiger partial charge in [-0.25, -0.2) is 4.39 Å². The van der Waals surface area contributed by atoms with Gasteiger partial charge < -0.3 is 15.0 Å². The van der Waals surface area contributed by atoms with Crippen LogP contribution in [-0.2, 0) is 4.74 Å². The van der Waals surface area contributed by atoms with Gasteiger partial charge in [-0.3, -0.25) is 4.79 Å². The molecule has 1 heterocycles. The monoisotopic (exact) mass is 402 g/mol. The molecule has 8 heteroatoms. The Kier molecular flexibility index (Phi) is 5.69. The fourth-order valence-electron chi connectivity index (χ4n) is 2.57. The highest BCUT2D eigenvalue weighted by Gasteiger charge is 2.19. The first kappa shape index (κ1) is 18.3. The van der Waals surface area contributed by atoms with Crippen LogP contribution in [0.2, 0.25) is 15.1 Å². The molecule has 4 nitrogen and oxygen atoms in total. The van der Waals surface area contributed by atoms with Gasteiger partial charge in [-0.05, 0) is 30.3 Å². The first-order valence-corrected chi connectivity index (χ1v) is 8.67. The van der Waals surface area contributed by atoms with Crippen molar-refractivity contribution in [1.82, 2.24) is 0 Å². The third-order valence-corrected chi connectivity index (χ3v) is 4.65. The summed E-state index contributed by atoms with van der Waals surface area (Å²) in [4.78, 5) is 14.6. The number of ether oxygens (including phenoxy) is 1. The van der Waals surface area contributed by atoms with E-state index in [1.165, 1.54) is 6.07 Å². The molecule has 0 radical (unpaired) electrons. The molecule has 0 aromatic heterocycles. The molecule has 0 atom stereocenters. The third kappa shape index (κ3) is 4.18. The van der Waals surface area contributed by atoms with Gasteiger partial charge in [0, 0.05) is 18.1 Å². The Morgan fingerprint density at radius 1 is 1.08 bits per heavy atom. The van der Waals surface area contributed by atoms with Crippen molar-refractivity contribution >= 4 is 52.1 Å². The van der Waals surface area contributed by atoms with Crippen molar-refractivity contribution in [2.45, 2.75) is 0 Å². The Labute approximate surface area is 159 Å². The Morgan fingerprint density at radius 2 is 1.80 bits per heavy atom. The van der Waals surface area contributed by atoms with E-state index < -0.39 is 11.7 Å². The van der Waals surface area contributed by atoms with E-state index in [0.29, 0.717) is 37.0 Å². The highest BCUT2D eigenvalue weighted by atomic mass is 35.5. The summed E-state index contributed by atoms with van der Waals surface area (Å²) in [6.07, 6.45) is 0. The van der Waals surface area contributed by atoms with Gasteiger partial charge in [-0.15, -0.1) is 0 Å². The maximum absolute atomic E-state index is 13.7. The van der Waals surface area contributed by atoms with Gasteiger partial charge in [0.15, 0.2) is 0 Å². The zero-order chi connectivity index (χ0) is 18.0. The average molecular weight is 404 g/mol. The number of benzene rings is 2. The molecule has 0 unspecified atom stereocenters. The van der Waals surface area contributed by atoms with Crippen molar-refractivity contribution in [2.75, 3.05) is 36.5 Å². The molecule has 3 rings (SSSR count). The van der Waals surface area contributed by atoms with Crippen molar-refractivity contribution in [2.24, 2.45) is 0 Å². The Bertz CT molecular complexity index is 811. The Balaban J connectivity index is 1.90. The lowest BCUT2D eigenvalue weighted by molar-refractivity contribution is 0.102. The molecule has 0 saturated carbocycles. The van der Waals surface area contributed by atoms with Crippen LogP contribution >= 0.6 is 34.8 Å².